The van der Waals surface area contributed by atoms with Crippen LogP contribution in [0.15, 0.2) is 34.7 Å². The van der Waals surface area contributed by atoms with Crippen LogP contribution in [0.25, 0.3) is 16.5 Å². The molecule has 116 valence electrons. The van der Waals surface area contributed by atoms with E-state index in [0.29, 0.717) is 0 Å². The van der Waals surface area contributed by atoms with Crippen LogP contribution >= 0.6 is 22.7 Å². The molecule has 22 heavy (non-hydrogen) atoms. The molecular weight excluding hydrogens is 318 g/mol. The van der Waals surface area contributed by atoms with Gasteiger partial charge in [-0.25, -0.2) is 4.39 Å². The molecule has 2 nitrogen and oxygen atoms in total. The van der Waals surface area contributed by atoms with Gasteiger partial charge >= 0.3 is 7.12 Å². The van der Waals surface area contributed by atoms with Gasteiger partial charge in [0.25, 0.3) is 0 Å². The Bertz CT molecular complexity index is 673. The molecule has 0 N–H and O–H groups in total. The average molecular weight is 336 g/mol. The van der Waals surface area contributed by atoms with Gasteiger partial charge < -0.3 is 9.31 Å². The van der Waals surface area contributed by atoms with Crippen molar-refractivity contribution in [2.24, 2.45) is 0 Å². The summed E-state index contributed by atoms with van der Waals surface area (Å²) in [6, 6.07) is 6.06. The highest BCUT2D eigenvalue weighted by molar-refractivity contribution is 7.15. The highest BCUT2D eigenvalue weighted by Crippen LogP contribution is 2.39. The summed E-state index contributed by atoms with van der Waals surface area (Å²) in [6.07, 6.45) is 1.50. The molecule has 0 bridgehead atoms. The number of hydrogen-bond donors (Lipinski definition) is 0. The van der Waals surface area contributed by atoms with E-state index in [4.69, 9.17) is 9.31 Å². The Labute approximate surface area is 138 Å². The highest BCUT2D eigenvalue weighted by Gasteiger charge is 2.53. The first-order valence-electron chi connectivity index (χ1n) is 7.14. The van der Waals surface area contributed by atoms with Crippen molar-refractivity contribution in [3.63, 3.8) is 0 Å². The quantitative estimate of drug-likeness (QED) is 0.697. The molecule has 0 radical (unpaired) electrons. The van der Waals surface area contributed by atoms with Crippen molar-refractivity contribution in [1.29, 1.82) is 0 Å². The largest absolute Gasteiger partial charge is 0.525 e. The number of rotatable bonds is 3. The molecule has 3 rings (SSSR count). The van der Waals surface area contributed by atoms with E-state index in [9.17, 15) is 4.39 Å². The fourth-order valence-corrected chi connectivity index (χ4v) is 3.78. The molecule has 2 aromatic rings. The molecule has 0 aromatic carbocycles. The molecule has 3 heterocycles. The van der Waals surface area contributed by atoms with Crippen molar-refractivity contribution in [1.82, 2.24) is 0 Å². The Morgan fingerprint density at radius 3 is 2.45 bits per heavy atom. The van der Waals surface area contributed by atoms with Crippen LogP contribution in [-0.2, 0) is 9.31 Å². The van der Waals surface area contributed by atoms with E-state index in [2.05, 4.69) is 6.07 Å². The van der Waals surface area contributed by atoms with Gasteiger partial charge in [-0.2, -0.15) is 0 Å². The third-order valence-corrected chi connectivity index (χ3v) is 5.98. The van der Waals surface area contributed by atoms with E-state index < -0.39 is 24.0 Å². The van der Waals surface area contributed by atoms with Crippen molar-refractivity contribution < 1.29 is 13.7 Å². The van der Waals surface area contributed by atoms with Crippen molar-refractivity contribution in [3.8, 4) is 10.4 Å². The Hall–Kier alpha value is -0.945. The Morgan fingerprint density at radius 1 is 1.18 bits per heavy atom. The van der Waals surface area contributed by atoms with Crippen LogP contribution in [0.2, 0.25) is 0 Å². The second-order valence-corrected chi connectivity index (χ2v) is 8.22. The zero-order valence-electron chi connectivity index (χ0n) is 13.1. The van der Waals surface area contributed by atoms with E-state index in [-0.39, 0.29) is 0 Å². The number of thiophene rings is 2. The fraction of sp³-hybridized carbons (Fsp3) is 0.375. The third-order valence-electron chi connectivity index (χ3n) is 4.18. The van der Waals surface area contributed by atoms with Crippen LogP contribution in [0, 0.1) is 0 Å². The minimum atomic E-state index is -0.933. The lowest BCUT2D eigenvalue weighted by Gasteiger charge is -2.32. The Kier molecular flexibility index (Phi) is 4.06. The smallest absolute Gasteiger partial charge is 0.398 e. The van der Waals surface area contributed by atoms with Crippen LogP contribution in [0.1, 0.15) is 32.6 Å². The van der Waals surface area contributed by atoms with E-state index in [1.165, 1.54) is 22.3 Å². The molecule has 0 amide bonds. The maximum atomic E-state index is 14.5. The van der Waals surface area contributed by atoms with Gasteiger partial charge in [-0.15, -0.1) is 22.7 Å². The summed E-state index contributed by atoms with van der Waals surface area (Å²) in [6.45, 7) is 7.67. The summed E-state index contributed by atoms with van der Waals surface area (Å²) < 4.78 is 25.9. The lowest BCUT2D eigenvalue weighted by atomic mass is 9.87. The first-order valence-corrected chi connectivity index (χ1v) is 8.89. The van der Waals surface area contributed by atoms with Crippen LogP contribution in [0.5, 0.6) is 0 Å². The van der Waals surface area contributed by atoms with Crippen LogP contribution in [0.3, 0.4) is 0 Å². The molecule has 2 aromatic heterocycles. The molecule has 6 heteroatoms. The van der Waals surface area contributed by atoms with Gasteiger partial charge in [0.05, 0.1) is 11.2 Å². The van der Waals surface area contributed by atoms with Crippen molar-refractivity contribution >= 4 is 35.9 Å². The van der Waals surface area contributed by atoms with Gasteiger partial charge in [-0.1, -0.05) is 6.07 Å². The predicted octanol–water partition coefficient (Wildman–Crippen LogP) is 5.42. The van der Waals surface area contributed by atoms with Gasteiger partial charge in [0.15, 0.2) is 0 Å². The SMILES string of the molecule is CC1(C)OB(C(F)=Cc2cc(-c3cccs3)cs2)OC1(C)C. The maximum absolute atomic E-state index is 14.5. The van der Waals surface area contributed by atoms with Crippen molar-refractivity contribution in [2.75, 3.05) is 0 Å². The van der Waals surface area contributed by atoms with Gasteiger partial charge in [-0.3, -0.25) is 0 Å². The standard InChI is InChI=1S/C16H18BFO2S2/c1-15(2)16(3,4)20-17(19-15)14(18)9-12-8-11(10-22-12)13-6-5-7-21-13/h5-10H,1-4H3. The molecule has 1 fully saturated rings. The highest BCUT2D eigenvalue weighted by atomic mass is 32.1. The normalized spacial score (nSPS) is 20.6. The Morgan fingerprint density at radius 2 is 1.86 bits per heavy atom. The van der Waals surface area contributed by atoms with Gasteiger partial charge in [0.1, 0.15) is 5.73 Å². The molecule has 1 aliphatic rings. The molecule has 0 saturated carbocycles. The third kappa shape index (κ3) is 2.93. The van der Waals surface area contributed by atoms with Gasteiger partial charge in [-0.05, 0) is 56.7 Å². The number of hydrogen-bond acceptors (Lipinski definition) is 4. The van der Waals surface area contributed by atoms with Crippen LogP contribution in [-0.4, -0.2) is 18.3 Å². The number of halogens is 1. The van der Waals surface area contributed by atoms with Crippen molar-refractivity contribution in [2.45, 2.75) is 38.9 Å². The van der Waals surface area contributed by atoms with E-state index in [0.717, 1.165) is 10.4 Å². The molecule has 1 aliphatic heterocycles. The molecule has 0 atom stereocenters. The van der Waals surface area contributed by atoms with Crippen LogP contribution in [0.4, 0.5) is 4.39 Å². The summed E-state index contributed by atoms with van der Waals surface area (Å²) in [4.78, 5) is 2.04. The molecule has 0 aliphatic carbocycles. The van der Waals surface area contributed by atoms with E-state index in [1.807, 2.05) is 50.6 Å². The van der Waals surface area contributed by atoms with E-state index in [1.54, 1.807) is 11.3 Å². The predicted molar refractivity (Wildman–Crippen MR) is 92.8 cm³/mol. The summed E-state index contributed by atoms with van der Waals surface area (Å²) in [7, 11) is -0.933. The van der Waals surface area contributed by atoms with E-state index >= 15 is 0 Å². The van der Waals surface area contributed by atoms with Crippen molar-refractivity contribution in [3.05, 3.63) is 39.6 Å². The lowest BCUT2D eigenvalue weighted by molar-refractivity contribution is 0.00578. The minimum absolute atomic E-state index is 0.391. The first kappa shape index (κ1) is 15.9. The van der Waals surface area contributed by atoms with Gasteiger partial charge in [0.2, 0.25) is 0 Å². The molecule has 0 unspecified atom stereocenters. The summed E-state index contributed by atoms with van der Waals surface area (Å²) in [5.41, 5.74) is -0.327. The minimum Gasteiger partial charge on any atom is -0.398 e. The first-order chi connectivity index (χ1) is 10.3. The average Bonchev–Trinajstić information content (AvgIpc) is 3.09. The second-order valence-electron chi connectivity index (χ2n) is 6.33. The topological polar surface area (TPSA) is 18.5 Å². The summed E-state index contributed by atoms with van der Waals surface area (Å²) in [5, 5.41) is 4.07. The van der Waals surface area contributed by atoms with Gasteiger partial charge in [0, 0.05) is 15.3 Å². The summed E-state index contributed by atoms with van der Waals surface area (Å²) in [5.74, 6) is 0. The van der Waals surface area contributed by atoms with Crippen LogP contribution < -0.4 is 0 Å². The molecule has 1 saturated heterocycles. The zero-order valence-corrected chi connectivity index (χ0v) is 14.7. The monoisotopic (exact) mass is 336 g/mol. The maximum Gasteiger partial charge on any atom is 0.525 e. The zero-order chi connectivity index (χ0) is 16.0. The Balaban J connectivity index is 1.79. The fourth-order valence-electron chi connectivity index (χ4n) is 2.16. The summed E-state index contributed by atoms with van der Waals surface area (Å²) >= 11 is 3.19. The molecule has 0 spiro atoms. The second kappa shape index (κ2) is 5.60. The lowest BCUT2D eigenvalue weighted by Crippen LogP contribution is -2.41. The molecular formula is C16H18BFO2S2.